The molecule has 33 heavy (non-hydrogen) atoms. The van der Waals surface area contributed by atoms with E-state index in [9.17, 15) is 4.79 Å². The van der Waals surface area contributed by atoms with Crippen molar-refractivity contribution in [2.24, 2.45) is 0 Å². The molecule has 0 saturated carbocycles. The first-order chi connectivity index (χ1) is 16.2. The molecule has 1 unspecified atom stereocenters. The van der Waals surface area contributed by atoms with E-state index in [1.165, 1.54) is 23.0 Å². The maximum absolute atomic E-state index is 12.8. The molecule has 2 heterocycles. The highest BCUT2D eigenvalue weighted by Gasteiger charge is 2.25. The van der Waals surface area contributed by atoms with E-state index in [2.05, 4.69) is 37.4 Å². The number of nitrogens with zero attached hydrogens (tertiary/aromatic N) is 5. The minimum atomic E-state index is -0.0331. The summed E-state index contributed by atoms with van der Waals surface area (Å²) in [6.07, 6.45) is 6.45. The fourth-order valence-corrected chi connectivity index (χ4v) is 5.08. The van der Waals surface area contributed by atoms with Gasteiger partial charge in [-0.05, 0) is 43.0 Å². The Labute approximate surface area is 201 Å². The molecule has 9 heteroatoms. The number of hydrogen-bond acceptors (Lipinski definition) is 5. The van der Waals surface area contributed by atoms with Gasteiger partial charge < -0.3 is 5.32 Å². The number of nitrogens with one attached hydrogen (secondary N) is 1. The molecule has 1 aliphatic carbocycles. The molecule has 1 atom stereocenters. The van der Waals surface area contributed by atoms with Crippen LogP contribution in [0.4, 0.5) is 0 Å². The van der Waals surface area contributed by atoms with Crippen molar-refractivity contribution in [2.75, 3.05) is 5.75 Å². The molecule has 0 aliphatic heterocycles. The van der Waals surface area contributed by atoms with Gasteiger partial charge in [0.1, 0.15) is 6.33 Å². The van der Waals surface area contributed by atoms with Gasteiger partial charge in [0.15, 0.2) is 5.16 Å². The fraction of sp³-hybridized carbons (Fsp3) is 0.250. The van der Waals surface area contributed by atoms with E-state index in [-0.39, 0.29) is 17.7 Å². The Bertz CT molecular complexity index is 1250. The summed E-state index contributed by atoms with van der Waals surface area (Å²) in [5.41, 5.74) is 4.41. The van der Waals surface area contributed by atoms with Crippen molar-refractivity contribution >= 4 is 29.3 Å². The van der Waals surface area contributed by atoms with Gasteiger partial charge in [-0.1, -0.05) is 59.8 Å². The Hall–Kier alpha value is -3.10. The topological polar surface area (TPSA) is 77.6 Å². The number of aromatic nitrogens is 5. The summed E-state index contributed by atoms with van der Waals surface area (Å²) < 4.78 is 3.89. The summed E-state index contributed by atoms with van der Waals surface area (Å²) in [5, 5.41) is 17.2. The van der Waals surface area contributed by atoms with Crippen LogP contribution in [0.2, 0.25) is 5.02 Å². The van der Waals surface area contributed by atoms with E-state index >= 15 is 0 Å². The third-order valence-corrected chi connectivity index (χ3v) is 6.89. The van der Waals surface area contributed by atoms with Crippen molar-refractivity contribution in [3.05, 3.63) is 89.0 Å². The molecule has 168 valence electrons. The Morgan fingerprint density at radius 2 is 2.06 bits per heavy atom. The van der Waals surface area contributed by atoms with Crippen LogP contribution < -0.4 is 5.32 Å². The molecule has 2 aromatic carbocycles. The van der Waals surface area contributed by atoms with Crippen LogP contribution in [-0.2, 0) is 17.8 Å². The van der Waals surface area contributed by atoms with Crippen LogP contribution in [0.3, 0.4) is 0 Å². The van der Waals surface area contributed by atoms with Crippen molar-refractivity contribution in [2.45, 2.75) is 37.0 Å². The molecule has 0 saturated heterocycles. The van der Waals surface area contributed by atoms with Gasteiger partial charge >= 0.3 is 0 Å². The number of amides is 1. The predicted octanol–water partition coefficient (Wildman–Crippen LogP) is 4.45. The predicted molar refractivity (Wildman–Crippen MR) is 129 cm³/mol. The molecule has 2 aromatic heterocycles. The van der Waals surface area contributed by atoms with Crippen LogP contribution in [0.15, 0.2) is 72.3 Å². The molecule has 1 amide bonds. The number of carbonyl (C=O) groups excluding carboxylic acids is 1. The highest BCUT2D eigenvalue weighted by Crippen LogP contribution is 2.30. The maximum Gasteiger partial charge on any atom is 0.230 e. The lowest BCUT2D eigenvalue weighted by atomic mass is 9.93. The van der Waals surface area contributed by atoms with Crippen molar-refractivity contribution in [3.63, 3.8) is 0 Å². The van der Waals surface area contributed by atoms with Gasteiger partial charge in [-0.25, -0.2) is 0 Å². The number of rotatable bonds is 7. The lowest BCUT2D eigenvalue weighted by Gasteiger charge is -2.24. The van der Waals surface area contributed by atoms with Gasteiger partial charge in [0.2, 0.25) is 5.91 Å². The molecular formula is C24H23ClN6OS. The monoisotopic (exact) mass is 478 g/mol. The number of fused-ring (bicyclic) bond motifs is 1. The highest BCUT2D eigenvalue weighted by molar-refractivity contribution is 7.99. The van der Waals surface area contributed by atoms with Crippen LogP contribution in [0, 0.1) is 0 Å². The van der Waals surface area contributed by atoms with Crippen molar-refractivity contribution in [3.8, 4) is 5.69 Å². The maximum atomic E-state index is 12.8. The third-order valence-electron chi connectivity index (χ3n) is 5.71. The van der Waals surface area contributed by atoms with Gasteiger partial charge in [-0.15, -0.1) is 10.2 Å². The molecular weight excluding hydrogens is 456 g/mol. The zero-order valence-corrected chi connectivity index (χ0v) is 19.5. The van der Waals surface area contributed by atoms with Gasteiger partial charge in [-0.3, -0.25) is 14.0 Å². The molecule has 4 aromatic rings. The molecule has 1 aliphatic rings. The van der Waals surface area contributed by atoms with Gasteiger partial charge in [0, 0.05) is 16.3 Å². The first-order valence-electron chi connectivity index (χ1n) is 10.8. The first-order valence-corrected chi connectivity index (χ1v) is 12.2. The normalized spacial score (nSPS) is 15.2. The van der Waals surface area contributed by atoms with Gasteiger partial charge in [-0.2, -0.15) is 5.10 Å². The van der Waals surface area contributed by atoms with E-state index in [0.717, 1.165) is 37.1 Å². The summed E-state index contributed by atoms with van der Waals surface area (Å²) in [5.74, 6) is 0.220. The van der Waals surface area contributed by atoms with E-state index in [1.54, 1.807) is 6.33 Å². The second-order valence-corrected chi connectivity index (χ2v) is 9.33. The molecule has 5 rings (SSSR count). The summed E-state index contributed by atoms with van der Waals surface area (Å²) in [4.78, 5) is 12.8. The van der Waals surface area contributed by atoms with Crippen LogP contribution in [0.25, 0.3) is 5.69 Å². The number of hydrogen-bond donors (Lipinski definition) is 1. The number of halogens is 1. The van der Waals surface area contributed by atoms with Crippen LogP contribution >= 0.6 is 23.4 Å². The second-order valence-electron chi connectivity index (χ2n) is 7.95. The summed E-state index contributed by atoms with van der Waals surface area (Å²) >= 11 is 7.46. The molecule has 0 spiro atoms. The molecule has 0 bridgehead atoms. The molecule has 0 radical (unpaired) electrons. The zero-order valence-electron chi connectivity index (χ0n) is 17.9. The van der Waals surface area contributed by atoms with Crippen LogP contribution in [-0.4, -0.2) is 36.2 Å². The van der Waals surface area contributed by atoms with Crippen LogP contribution in [0.1, 0.15) is 35.7 Å². The fourth-order valence-electron chi connectivity index (χ4n) is 4.15. The quantitative estimate of drug-likeness (QED) is 0.397. The highest BCUT2D eigenvalue weighted by atomic mass is 35.5. The Morgan fingerprint density at radius 1 is 1.18 bits per heavy atom. The Morgan fingerprint density at radius 3 is 2.91 bits per heavy atom. The number of benzene rings is 2. The van der Waals surface area contributed by atoms with E-state index in [4.69, 9.17) is 11.6 Å². The summed E-state index contributed by atoms with van der Waals surface area (Å²) in [7, 11) is 0. The lowest BCUT2D eigenvalue weighted by molar-refractivity contribution is -0.119. The largest absolute Gasteiger partial charge is 0.348 e. The molecule has 7 nitrogen and oxygen atoms in total. The average Bonchev–Trinajstić information content (AvgIpc) is 3.46. The smallest absolute Gasteiger partial charge is 0.230 e. The van der Waals surface area contributed by atoms with Crippen molar-refractivity contribution in [1.29, 1.82) is 0 Å². The minimum Gasteiger partial charge on any atom is -0.348 e. The van der Waals surface area contributed by atoms with E-state index in [0.29, 0.717) is 10.2 Å². The van der Waals surface area contributed by atoms with E-state index in [1.807, 2.05) is 53.2 Å². The SMILES string of the molecule is O=C(CSc1nncn1-c1cccc(Cl)c1)NC1CCCc2c1cnn2Cc1ccccc1. The average molecular weight is 479 g/mol. The van der Waals surface area contributed by atoms with Crippen molar-refractivity contribution in [1.82, 2.24) is 29.9 Å². The molecule has 1 N–H and O–H groups in total. The zero-order chi connectivity index (χ0) is 22.6. The number of thioether (sulfide) groups is 1. The number of carbonyl (C=O) groups is 1. The standard InChI is InChI=1S/C24H23ClN6OS/c25-18-8-4-9-19(12-18)30-16-26-29-24(30)33-15-23(32)28-21-10-5-11-22-20(21)13-27-31(22)14-17-6-2-1-3-7-17/h1-4,6-9,12-13,16,21H,5,10-11,14-15H2,(H,28,32). The van der Waals surface area contributed by atoms with Gasteiger partial charge in [0.25, 0.3) is 0 Å². The third kappa shape index (κ3) is 4.96. The van der Waals surface area contributed by atoms with E-state index < -0.39 is 0 Å². The van der Waals surface area contributed by atoms with Crippen LogP contribution in [0.5, 0.6) is 0 Å². The van der Waals surface area contributed by atoms with Crippen molar-refractivity contribution < 1.29 is 4.79 Å². The lowest BCUT2D eigenvalue weighted by Crippen LogP contribution is -2.32. The summed E-state index contributed by atoms with van der Waals surface area (Å²) in [6.45, 7) is 0.742. The van der Waals surface area contributed by atoms with Gasteiger partial charge in [0.05, 0.1) is 30.2 Å². The first kappa shape index (κ1) is 21.7. The Balaban J connectivity index is 1.23. The minimum absolute atomic E-state index is 0.0165. The molecule has 0 fully saturated rings. The summed E-state index contributed by atoms with van der Waals surface area (Å²) in [6, 6.07) is 17.7. The Kier molecular flexibility index (Phi) is 6.46. The second kappa shape index (κ2) is 9.80.